The van der Waals surface area contributed by atoms with Crippen LogP contribution in [-0.2, 0) is 11.3 Å². The van der Waals surface area contributed by atoms with E-state index in [0.717, 1.165) is 5.56 Å². The Morgan fingerprint density at radius 3 is 2.43 bits per heavy atom. The van der Waals surface area contributed by atoms with Crippen molar-refractivity contribution in [3.05, 3.63) is 23.8 Å². The molecule has 2 N–H and O–H groups in total. The number of benzene rings is 1. The molecule has 0 aliphatic carbocycles. The molecule has 0 amide bonds. The quantitative estimate of drug-likeness (QED) is 0.733. The monoisotopic (exact) mass is 295 g/mol. The summed E-state index contributed by atoms with van der Waals surface area (Å²) in [6, 6.07) is 5.68. The van der Waals surface area contributed by atoms with E-state index in [1.165, 1.54) is 0 Å². The first-order valence-corrected chi connectivity index (χ1v) is 7.12. The predicted octanol–water partition coefficient (Wildman–Crippen LogP) is 2.54. The van der Waals surface area contributed by atoms with Gasteiger partial charge in [-0.15, -0.1) is 0 Å². The number of carboxylic acids is 1. The molecular weight excluding hydrogens is 270 g/mol. The van der Waals surface area contributed by atoms with Crippen molar-refractivity contribution in [3.63, 3.8) is 0 Å². The standard InChI is InChI=1S/C16H25NO4/c1-11(2)7-13(16(18)19)10-17-9-12-5-6-14(20-3)15(8-12)21-4/h5-6,8,11,13,17H,7,9-10H2,1-4H3,(H,18,19). The molecule has 5 nitrogen and oxygen atoms in total. The molecule has 1 rings (SSSR count). The van der Waals surface area contributed by atoms with Crippen LogP contribution in [0.25, 0.3) is 0 Å². The SMILES string of the molecule is COc1ccc(CNCC(CC(C)C)C(=O)O)cc1OC. The Morgan fingerprint density at radius 2 is 1.90 bits per heavy atom. The van der Waals surface area contributed by atoms with Gasteiger partial charge in [0, 0.05) is 13.1 Å². The summed E-state index contributed by atoms with van der Waals surface area (Å²) in [5.74, 6) is 0.626. The third-order valence-corrected chi connectivity index (χ3v) is 3.27. The molecule has 21 heavy (non-hydrogen) atoms. The van der Waals surface area contributed by atoms with Crippen molar-refractivity contribution in [3.8, 4) is 11.5 Å². The zero-order chi connectivity index (χ0) is 15.8. The maximum atomic E-state index is 11.2. The Labute approximate surface area is 126 Å². The largest absolute Gasteiger partial charge is 0.493 e. The highest BCUT2D eigenvalue weighted by Crippen LogP contribution is 2.27. The van der Waals surface area contributed by atoms with E-state index in [1.54, 1.807) is 14.2 Å². The lowest BCUT2D eigenvalue weighted by molar-refractivity contribution is -0.142. The smallest absolute Gasteiger partial charge is 0.307 e. The molecule has 1 atom stereocenters. The van der Waals surface area contributed by atoms with Crippen LogP contribution in [0.5, 0.6) is 11.5 Å². The third kappa shape index (κ3) is 5.63. The van der Waals surface area contributed by atoms with Gasteiger partial charge in [0.1, 0.15) is 0 Å². The molecule has 0 heterocycles. The van der Waals surface area contributed by atoms with Gasteiger partial charge < -0.3 is 19.9 Å². The summed E-state index contributed by atoms with van der Waals surface area (Å²) in [4.78, 5) is 11.2. The van der Waals surface area contributed by atoms with Crippen molar-refractivity contribution in [2.45, 2.75) is 26.8 Å². The van der Waals surface area contributed by atoms with Crippen LogP contribution in [0.1, 0.15) is 25.8 Å². The maximum absolute atomic E-state index is 11.2. The van der Waals surface area contributed by atoms with E-state index < -0.39 is 5.97 Å². The molecule has 0 fully saturated rings. The van der Waals surface area contributed by atoms with Gasteiger partial charge in [-0.2, -0.15) is 0 Å². The van der Waals surface area contributed by atoms with Gasteiger partial charge in [0.2, 0.25) is 0 Å². The molecule has 0 spiro atoms. The molecule has 0 aliphatic rings. The minimum Gasteiger partial charge on any atom is -0.493 e. The van der Waals surface area contributed by atoms with Gasteiger partial charge in [-0.3, -0.25) is 4.79 Å². The van der Waals surface area contributed by atoms with Crippen molar-refractivity contribution in [2.75, 3.05) is 20.8 Å². The fourth-order valence-corrected chi connectivity index (χ4v) is 2.22. The Kier molecular flexibility index (Phi) is 7.02. The summed E-state index contributed by atoms with van der Waals surface area (Å²) in [6.45, 7) is 5.12. The first kappa shape index (κ1) is 17.3. The lowest BCUT2D eigenvalue weighted by Crippen LogP contribution is -2.29. The van der Waals surface area contributed by atoms with Crippen LogP contribution < -0.4 is 14.8 Å². The van der Waals surface area contributed by atoms with Gasteiger partial charge in [0.15, 0.2) is 11.5 Å². The number of hydrogen-bond donors (Lipinski definition) is 2. The summed E-state index contributed by atoms with van der Waals surface area (Å²) in [6.07, 6.45) is 0.675. The van der Waals surface area contributed by atoms with Gasteiger partial charge in [-0.05, 0) is 30.0 Å². The van der Waals surface area contributed by atoms with Crippen LogP contribution in [0, 0.1) is 11.8 Å². The first-order valence-electron chi connectivity index (χ1n) is 7.12. The number of ether oxygens (including phenoxy) is 2. The third-order valence-electron chi connectivity index (χ3n) is 3.27. The van der Waals surface area contributed by atoms with Crippen LogP contribution >= 0.6 is 0 Å². The number of carboxylic acid groups (broad SMARTS) is 1. The highest BCUT2D eigenvalue weighted by atomic mass is 16.5. The molecule has 5 heteroatoms. The van der Waals surface area contributed by atoms with Crippen molar-refractivity contribution in [1.29, 1.82) is 0 Å². The molecule has 0 saturated carbocycles. The van der Waals surface area contributed by atoms with E-state index in [2.05, 4.69) is 5.32 Å². The van der Waals surface area contributed by atoms with Crippen molar-refractivity contribution < 1.29 is 19.4 Å². The van der Waals surface area contributed by atoms with Gasteiger partial charge >= 0.3 is 5.97 Å². The lowest BCUT2D eigenvalue weighted by atomic mass is 9.97. The molecule has 118 valence electrons. The highest BCUT2D eigenvalue weighted by molar-refractivity contribution is 5.70. The summed E-state index contributed by atoms with van der Waals surface area (Å²) in [7, 11) is 3.19. The van der Waals surface area contributed by atoms with Crippen molar-refractivity contribution >= 4 is 5.97 Å². The minimum absolute atomic E-state index is 0.356. The molecular formula is C16H25NO4. The molecule has 0 aliphatic heterocycles. The normalized spacial score (nSPS) is 12.2. The van der Waals surface area contributed by atoms with E-state index in [9.17, 15) is 9.90 Å². The van der Waals surface area contributed by atoms with E-state index in [1.807, 2.05) is 32.0 Å². The Hall–Kier alpha value is -1.75. The minimum atomic E-state index is -0.747. The first-order chi connectivity index (χ1) is 9.97. The second-order valence-electron chi connectivity index (χ2n) is 5.48. The topological polar surface area (TPSA) is 67.8 Å². The molecule has 0 aromatic heterocycles. The molecule has 1 aromatic carbocycles. The maximum Gasteiger partial charge on any atom is 0.307 e. The number of rotatable bonds is 9. The van der Waals surface area contributed by atoms with Crippen LogP contribution in [0.4, 0.5) is 0 Å². The lowest BCUT2D eigenvalue weighted by Gasteiger charge is -2.16. The summed E-state index contributed by atoms with van der Waals surface area (Å²) < 4.78 is 10.4. The van der Waals surface area contributed by atoms with Gasteiger partial charge in [0.25, 0.3) is 0 Å². The zero-order valence-corrected chi connectivity index (χ0v) is 13.2. The Bertz CT molecular complexity index is 460. The van der Waals surface area contributed by atoms with E-state index in [-0.39, 0.29) is 5.92 Å². The molecule has 1 aromatic rings. The van der Waals surface area contributed by atoms with Crippen molar-refractivity contribution in [1.82, 2.24) is 5.32 Å². The van der Waals surface area contributed by atoms with Gasteiger partial charge in [-0.1, -0.05) is 19.9 Å². The fourth-order valence-electron chi connectivity index (χ4n) is 2.22. The second kappa shape index (κ2) is 8.52. The molecule has 0 saturated heterocycles. The van der Waals surface area contributed by atoms with Gasteiger partial charge in [-0.25, -0.2) is 0 Å². The van der Waals surface area contributed by atoms with Crippen LogP contribution in [-0.4, -0.2) is 31.8 Å². The average molecular weight is 295 g/mol. The fraction of sp³-hybridized carbons (Fsp3) is 0.562. The average Bonchev–Trinajstić information content (AvgIpc) is 2.45. The number of aliphatic carboxylic acids is 1. The highest BCUT2D eigenvalue weighted by Gasteiger charge is 2.18. The molecule has 0 bridgehead atoms. The van der Waals surface area contributed by atoms with Crippen LogP contribution in [0.3, 0.4) is 0 Å². The number of nitrogens with one attached hydrogen (secondary N) is 1. The van der Waals surface area contributed by atoms with Gasteiger partial charge in [0.05, 0.1) is 20.1 Å². The van der Waals surface area contributed by atoms with E-state index in [4.69, 9.17) is 9.47 Å². The van der Waals surface area contributed by atoms with Crippen LogP contribution in [0.15, 0.2) is 18.2 Å². The number of carbonyl (C=O) groups is 1. The van der Waals surface area contributed by atoms with E-state index >= 15 is 0 Å². The molecule has 0 radical (unpaired) electrons. The van der Waals surface area contributed by atoms with Crippen LogP contribution in [0.2, 0.25) is 0 Å². The van der Waals surface area contributed by atoms with Crippen molar-refractivity contribution in [2.24, 2.45) is 11.8 Å². The summed E-state index contributed by atoms with van der Waals surface area (Å²) in [5, 5.41) is 12.4. The predicted molar refractivity (Wildman–Crippen MR) is 81.8 cm³/mol. The Morgan fingerprint density at radius 1 is 1.24 bits per heavy atom. The summed E-state index contributed by atoms with van der Waals surface area (Å²) >= 11 is 0. The van der Waals surface area contributed by atoms with E-state index in [0.29, 0.717) is 36.9 Å². The number of hydrogen-bond acceptors (Lipinski definition) is 4. The second-order valence-corrected chi connectivity index (χ2v) is 5.48. The molecule has 1 unspecified atom stereocenters. The summed E-state index contributed by atoms with van der Waals surface area (Å²) in [5.41, 5.74) is 1.03. The zero-order valence-electron chi connectivity index (χ0n) is 13.2. The Balaban J connectivity index is 2.56. The number of methoxy groups -OCH3 is 2.